The van der Waals surface area contributed by atoms with Crippen LogP contribution in [-0.2, 0) is 13.2 Å². The van der Waals surface area contributed by atoms with Gasteiger partial charge in [0.25, 0.3) is 0 Å². The normalized spacial score (nSPS) is 11.0. The van der Waals surface area contributed by atoms with Crippen LogP contribution >= 0.6 is 11.6 Å². The van der Waals surface area contributed by atoms with Crippen molar-refractivity contribution in [3.8, 4) is 11.5 Å². The van der Waals surface area contributed by atoms with E-state index in [1.807, 2.05) is 50.2 Å². The fourth-order valence-electron chi connectivity index (χ4n) is 2.93. The maximum Gasteiger partial charge on any atom is 0.203 e. The Balaban J connectivity index is 1.75. The van der Waals surface area contributed by atoms with Crippen molar-refractivity contribution in [2.75, 3.05) is 7.11 Å². The molecule has 0 bridgehead atoms. The number of halogens is 1. The molecule has 150 valence electrons. The van der Waals surface area contributed by atoms with Crippen molar-refractivity contribution >= 4 is 23.5 Å². The molecular formula is C23H23ClN2O3. The molecule has 0 amide bonds. The Kier molecular flexibility index (Phi) is 6.73. The van der Waals surface area contributed by atoms with Crippen LogP contribution in [0, 0.1) is 6.92 Å². The minimum absolute atomic E-state index is 0.0883. The van der Waals surface area contributed by atoms with Gasteiger partial charge in [-0.1, -0.05) is 23.7 Å². The third-order valence-corrected chi connectivity index (χ3v) is 4.95. The first-order chi connectivity index (χ1) is 14.0. The lowest BCUT2D eigenvalue weighted by Gasteiger charge is -2.12. The number of ketones is 1. The van der Waals surface area contributed by atoms with Gasteiger partial charge in [-0.05, 0) is 67.4 Å². The van der Waals surface area contributed by atoms with Gasteiger partial charge in [-0.3, -0.25) is 9.48 Å². The monoisotopic (exact) mass is 410 g/mol. The predicted octanol–water partition coefficient (Wildman–Crippen LogP) is 5.35. The van der Waals surface area contributed by atoms with Crippen molar-refractivity contribution in [2.24, 2.45) is 0 Å². The van der Waals surface area contributed by atoms with E-state index < -0.39 is 0 Å². The van der Waals surface area contributed by atoms with Crippen LogP contribution in [0.4, 0.5) is 0 Å². The summed E-state index contributed by atoms with van der Waals surface area (Å²) in [5.41, 5.74) is 3.29. The average molecular weight is 411 g/mol. The molecule has 0 aliphatic heterocycles. The van der Waals surface area contributed by atoms with Crippen LogP contribution in [0.25, 0.3) is 6.08 Å². The number of hydrogen-bond donors (Lipinski definition) is 0. The second kappa shape index (κ2) is 9.43. The van der Waals surface area contributed by atoms with Crippen molar-refractivity contribution in [3.05, 3.63) is 82.1 Å². The largest absolute Gasteiger partial charge is 0.496 e. The number of nitrogens with zero attached hydrogens (tertiary/aromatic N) is 2. The molecule has 0 unspecified atom stereocenters. The number of carbonyl (C=O) groups excluding carboxylic acids is 1. The third-order valence-electron chi connectivity index (χ3n) is 4.52. The molecule has 2 aromatic carbocycles. The number of benzene rings is 2. The summed E-state index contributed by atoms with van der Waals surface area (Å²) in [6, 6.07) is 13.0. The van der Waals surface area contributed by atoms with Crippen molar-refractivity contribution < 1.29 is 14.3 Å². The van der Waals surface area contributed by atoms with Crippen LogP contribution < -0.4 is 9.47 Å². The Labute approximate surface area is 175 Å². The number of methoxy groups -OCH3 is 1. The summed E-state index contributed by atoms with van der Waals surface area (Å²) in [7, 11) is 1.62. The molecule has 6 heteroatoms. The standard InChI is InChI=1S/C23H23ClN2O3/c1-4-26-21(11-12-25-26)22(27)9-5-17-6-10-23(28-3)18(14-17)15-29-19-7-8-20(24)16(2)13-19/h5-14H,4,15H2,1-3H3/b9-5+. The summed E-state index contributed by atoms with van der Waals surface area (Å²) in [6.07, 6.45) is 4.97. The zero-order chi connectivity index (χ0) is 20.8. The maximum atomic E-state index is 12.4. The molecular weight excluding hydrogens is 388 g/mol. The number of rotatable bonds is 8. The lowest BCUT2D eigenvalue weighted by molar-refractivity contribution is 0.103. The molecule has 0 atom stereocenters. The molecule has 0 aliphatic carbocycles. The average Bonchev–Trinajstić information content (AvgIpc) is 3.22. The lowest BCUT2D eigenvalue weighted by Crippen LogP contribution is -2.07. The van der Waals surface area contributed by atoms with Gasteiger partial charge >= 0.3 is 0 Å². The van der Waals surface area contributed by atoms with Gasteiger partial charge in [-0.2, -0.15) is 5.10 Å². The highest BCUT2D eigenvalue weighted by Gasteiger charge is 2.09. The number of carbonyl (C=O) groups is 1. The van der Waals surface area contributed by atoms with Crippen LogP contribution in [0.15, 0.2) is 54.7 Å². The van der Waals surface area contributed by atoms with Crippen molar-refractivity contribution in [3.63, 3.8) is 0 Å². The highest BCUT2D eigenvalue weighted by atomic mass is 35.5. The topological polar surface area (TPSA) is 53.4 Å². The van der Waals surface area contributed by atoms with Crippen molar-refractivity contribution in [1.82, 2.24) is 9.78 Å². The van der Waals surface area contributed by atoms with E-state index in [4.69, 9.17) is 21.1 Å². The first kappa shape index (κ1) is 20.7. The van der Waals surface area contributed by atoms with Crippen LogP contribution in [0.5, 0.6) is 11.5 Å². The molecule has 0 aliphatic rings. The van der Waals surface area contributed by atoms with E-state index in [0.29, 0.717) is 23.9 Å². The van der Waals surface area contributed by atoms with Gasteiger partial charge in [-0.25, -0.2) is 0 Å². The van der Waals surface area contributed by atoms with Crippen LogP contribution in [0.2, 0.25) is 5.02 Å². The summed E-state index contributed by atoms with van der Waals surface area (Å²) >= 11 is 6.07. The van der Waals surface area contributed by atoms with E-state index in [2.05, 4.69) is 5.10 Å². The second-order valence-corrected chi connectivity index (χ2v) is 6.91. The Morgan fingerprint density at radius 3 is 2.76 bits per heavy atom. The van der Waals surface area contributed by atoms with E-state index in [1.165, 1.54) is 0 Å². The zero-order valence-corrected chi connectivity index (χ0v) is 17.4. The third kappa shape index (κ3) is 5.06. The van der Waals surface area contributed by atoms with Crippen LogP contribution in [0.1, 0.15) is 34.1 Å². The zero-order valence-electron chi connectivity index (χ0n) is 16.7. The second-order valence-electron chi connectivity index (χ2n) is 6.50. The minimum Gasteiger partial charge on any atom is -0.496 e. The molecule has 0 N–H and O–H groups in total. The highest BCUT2D eigenvalue weighted by Crippen LogP contribution is 2.25. The summed E-state index contributed by atoms with van der Waals surface area (Å²) in [5.74, 6) is 1.37. The van der Waals surface area contributed by atoms with Gasteiger partial charge in [-0.15, -0.1) is 0 Å². The number of allylic oxidation sites excluding steroid dienone is 1. The summed E-state index contributed by atoms with van der Waals surface area (Å²) in [5, 5.41) is 4.84. The van der Waals surface area contributed by atoms with Gasteiger partial charge < -0.3 is 9.47 Å². The molecule has 0 saturated heterocycles. The van der Waals surface area contributed by atoms with Crippen molar-refractivity contribution in [1.29, 1.82) is 0 Å². The smallest absolute Gasteiger partial charge is 0.203 e. The Morgan fingerprint density at radius 2 is 2.03 bits per heavy atom. The van der Waals surface area contributed by atoms with E-state index in [1.54, 1.807) is 36.2 Å². The van der Waals surface area contributed by atoms with Gasteiger partial charge in [0, 0.05) is 23.3 Å². The fraction of sp³-hybridized carbons (Fsp3) is 0.217. The molecule has 0 spiro atoms. The van der Waals surface area contributed by atoms with E-state index in [-0.39, 0.29) is 5.78 Å². The molecule has 1 heterocycles. The molecule has 0 radical (unpaired) electrons. The van der Waals surface area contributed by atoms with E-state index in [9.17, 15) is 4.79 Å². The van der Waals surface area contributed by atoms with E-state index >= 15 is 0 Å². The minimum atomic E-state index is -0.0883. The molecule has 3 aromatic rings. The van der Waals surface area contributed by atoms with Gasteiger partial charge in [0.2, 0.25) is 5.78 Å². The first-order valence-corrected chi connectivity index (χ1v) is 9.69. The number of ether oxygens (including phenoxy) is 2. The number of aryl methyl sites for hydroxylation is 2. The van der Waals surface area contributed by atoms with Crippen LogP contribution in [0.3, 0.4) is 0 Å². The first-order valence-electron chi connectivity index (χ1n) is 9.32. The predicted molar refractivity (Wildman–Crippen MR) is 115 cm³/mol. The summed E-state index contributed by atoms with van der Waals surface area (Å²) in [4.78, 5) is 12.4. The Bertz CT molecular complexity index is 1040. The highest BCUT2D eigenvalue weighted by molar-refractivity contribution is 6.31. The van der Waals surface area contributed by atoms with Gasteiger partial charge in [0.05, 0.1) is 7.11 Å². The van der Waals surface area contributed by atoms with Gasteiger partial charge in [0.1, 0.15) is 23.8 Å². The molecule has 3 rings (SSSR count). The lowest BCUT2D eigenvalue weighted by atomic mass is 10.1. The summed E-state index contributed by atoms with van der Waals surface area (Å²) < 4.78 is 13.0. The molecule has 1 aromatic heterocycles. The molecule has 29 heavy (non-hydrogen) atoms. The van der Waals surface area contributed by atoms with Crippen molar-refractivity contribution in [2.45, 2.75) is 27.0 Å². The maximum absolute atomic E-state index is 12.4. The Morgan fingerprint density at radius 1 is 1.21 bits per heavy atom. The SMILES string of the molecule is CCn1nccc1C(=O)/C=C/c1ccc(OC)c(COc2ccc(Cl)c(C)c2)c1. The molecule has 5 nitrogen and oxygen atoms in total. The molecule has 0 saturated carbocycles. The van der Waals surface area contributed by atoms with Crippen LogP contribution in [-0.4, -0.2) is 22.7 Å². The van der Waals surface area contributed by atoms with Gasteiger partial charge in [0.15, 0.2) is 0 Å². The number of hydrogen-bond acceptors (Lipinski definition) is 4. The molecule has 0 fully saturated rings. The number of aromatic nitrogens is 2. The fourth-order valence-corrected chi connectivity index (χ4v) is 3.05. The Hall–Kier alpha value is -3.05. The summed E-state index contributed by atoms with van der Waals surface area (Å²) in [6.45, 7) is 4.87. The quantitative estimate of drug-likeness (QED) is 0.371. The van der Waals surface area contributed by atoms with E-state index in [0.717, 1.165) is 28.2 Å².